The Hall–Kier alpha value is -1.65. The van der Waals surface area contributed by atoms with Crippen molar-refractivity contribution in [1.82, 2.24) is 14.7 Å². The maximum absolute atomic E-state index is 8.97. The van der Waals surface area contributed by atoms with Gasteiger partial charge < -0.3 is 5.11 Å². The van der Waals surface area contributed by atoms with Gasteiger partial charge in [0.05, 0.1) is 11.9 Å². The summed E-state index contributed by atoms with van der Waals surface area (Å²) in [6, 6.07) is 10.6. The van der Waals surface area contributed by atoms with Crippen molar-refractivity contribution < 1.29 is 5.11 Å². The maximum atomic E-state index is 8.97. The van der Waals surface area contributed by atoms with E-state index in [1.165, 1.54) is 5.56 Å². The summed E-state index contributed by atoms with van der Waals surface area (Å²) in [5.74, 6) is 0. The number of rotatable bonds is 7. The molecule has 0 amide bonds. The third-order valence-corrected chi connectivity index (χ3v) is 3.38. The first kappa shape index (κ1) is 14.8. The minimum Gasteiger partial charge on any atom is -0.396 e. The highest BCUT2D eigenvalue weighted by Crippen LogP contribution is 2.11. The van der Waals surface area contributed by atoms with E-state index in [1.54, 1.807) is 0 Å². The average molecular weight is 273 g/mol. The number of aliphatic hydroxyl groups excluding tert-OH is 1. The molecule has 4 nitrogen and oxygen atoms in total. The zero-order valence-electron chi connectivity index (χ0n) is 12.2. The van der Waals surface area contributed by atoms with Crippen LogP contribution in [0.1, 0.15) is 25.8 Å². The first-order chi connectivity index (χ1) is 9.70. The molecule has 2 rings (SSSR count). The minimum atomic E-state index is 0.243. The summed E-state index contributed by atoms with van der Waals surface area (Å²) in [4.78, 5) is 2.35. The Bertz CT molecular complexity index is 507. The normalized spacial score (nSPS) is 11.4. The van der Waals surface area contributed by atoms with Gasteiger partial charge in [-0.1, -0.05) is 18.2 Å². The van der Waals surface area contributed by atoms with Crippen LogP contribution in [0.25, 0.3) is 5.69 Å². The van der Waals surface area contributed by atoms with Crippen molar-refractivity contribution in [2.24, 2.45) is 0 Å². The summed E-state index contributed by atoms with van der Waals surface area (Å²) in [6.07, 6.45) is 4.80. The van der Waals surface area contributed by atoms with E-state index in [2.05, 4.69) is 30.0 Å². The maximum Gasteiger partial charge on any atom is 0.0645 e. The molecular weight excluding hydrogens is 250 g/mol. The summed E-state index contributed by atoms with van der Waals surface area (Å²) < 4.78 is 1.90. The van der Waals surface area contributed by atoms with Gasteiger partial charge >= 0.3 is 0 Å². The van der Waals surface area contributed by atoms with Crippen LogP contribution >= 0.6 is 0 Å². The SMILES string of the molecule is CC(C)N(CCCO)Cc1cnn(-c2ccccc2)c1. The van der Waals surface area contributed by atoms with Crippen LogP contribution in [-0.2, 0) is 6.54 Å². The lowest BCUT2D eigenvalue weighted by molar-refractivity contribution is 0.185. The summed E-state index contributed by atoms with van der Waals surface area (Å²) in [5, 5.41) is 13.4. The molecule has 1 N–H and O–H groups in total. The Morgan fingerprint density at radius 3 is 2.65 bits per heavy atom. The highest BCUT2D eigenvalue weighted by Gasteiger charge is 2.11. The van der Waals surface area contributed by atoms with Crippen molar-refractivity contribution in [2.45, 2.75) is 32.9 Å². The quantitative estimate of drug-likeness (QED) is 0.842. The van der Waals surface area contributed by atoms with Gasteiger partial charge in [-0.3, -0.25) is 4.90 Å². The Labute approximate surface area is 120 Å². The molecule has 0 aliphatic rings. The fourth-order valence-electron chi connectivity index (χ4n) is 2.19. The van der Waals surface area contributed by atoms with Gasteiger partial charge in [-0.25, -0.2) is 4.68 Å². The summed E-state index contributed by atoms with van der Waals surface area (Å²) in [5.41, 5.74) is 2.27. The number of aliphatic hydroxyl groups is 1. The van der Waals surface area contributed by atoms with Crippen LogP contribution in [-0.4, -0.2) is 39.0 Å². The first-order valence-electron chi connectivity index (χ1n) is 7.14. The predicted octanol–water partition coefficient (Wildman–Crippen LogP) is 2.47. The van der Waals surface area contributed by atoms with Gasteiger partial charge in [-0.15, -0.1) is 0 Å². The molecule has 1 heterocycles. The molecule has 0 unspecified atom stereocenters. The van der Waals surface area contributed by atoms with Gasteiger partial charge in [0, 0.05) is 37.5 Å². The second-order valence-corrected chi connectivity index (χ2v) is 5.27. The Balaban J connectivity index is 2.04. The molecule has 0 spiro atoms. The van der Waals surface area contributed by atoms with Gasteiger partial charge in [0.2, 0.25) is 0 Å². The van der Waals surface area contributed by atoms with E-state index in [0.29, 0.717) is 6.04 Å². The van der Waals surface area contributed by atoms with Crippen molar-refractivity contribution in [3.05, 3.63) is 48.3 Å². The molecule has 0 aliphatic carbocycles. The van der Waals surface area contributed by atoms with E-state index in [-0.39, 0.29) is 6.61 Å². The fraction of sp³-hybridized carbons (Fsp3) is 0.438. The molecule has 1 aromatic carbocycles. The average Bonchev–Trinajstić information content (AvgIpc) is 2.92. The third-order valence-electron chi connectivity index (χ3n) is 3.38. The first-order valence-corrected chi connectivity index (χ1v) is 7.14. The zero-order chi connectivity index (χ0) is 14.4. The molecule has 108 valence electrons. The van der Waals surface area contributed by atoms with Crippen LogP contribution < -0.4 is 0 Å². The number of aromatic nitrogens is 2. The molecular formula is C16H23N3O. The Morgan fingerprint density at radius 1 is 1.25 bits per heavy atom. The molecule has 0 atom stereocenters. The standard InChI is InChI=1S/C16H23N3O/c1-14(2)18(9-6-10-20)12-15-11-17-19(13-15)16-7-4-3-5-8-16/h3-5,7-8,11,13-14,20H,6,9-10,12H2,1-2H3. The van der Waals surface area contributed by atoms with Gasteiger partial charge in [-0.2, -0.15) is 5.10 Å². The molecule has 2 aromatic rings. The van der Waals surface area contributed by atoms with E-state index in [0.717, 1.165) is 25.2 Å². The second kappa shape index (κ2) is 7.22. The molecule has 4 heteroatoms. The minimum absolute atomic E-state index is 0.243. The number of benzene rings is 1. The molecule has 1 aromatic heterocycles. The summed E-state index contributed by atoms with van der Waals surface area (Å²) >= 11 is 0. The third kappa shape index (κ3) is 3.92. The molecule has 20 heavy (non-hydrogen) atoms. The molecule has 0 saturated heterocycles. The Morgan fingerprint density at radius 2 is 2.00 bits per heavy atom. The van der Waals surface area contributed by atoms with E-state index in [1.807, 2.05) is 41.2 Å². The van der Waals surface area contributed by atoms with Crippen LogP contribution in [0.4, 0.5) is 0 Å². The smallest absolute Gasteiger partial charge is 0.0645 e. The van der Waals surface area contributed by atoms with Crippen molar-refractivity contribution >= 4 is 0 Å². The molecule has 0 fully saturated rings. The fourth-order valence-corrected chi connectivity index (χ4v) is 2.19. The second-order valence-electron chi connectivity index (χ2n) is 5.27. The van der Waals surface area contributed by atoms with E-state index < -0.39 is 0 Å². The molecule has 0 aliphatic heterocycles. The molecule has 0 radical (unpaired) electrons. The summed E-state index contributed by atoms with van der Waals surface area (Å²) in [6.45, 7) is 6.37. The lowest BCUT2D eigenvalue weighted by atomic mass is 10.2. The number of para-hydroxylation sites is 1. The predicted molar refractivity (Wildman–Crippen MR) is 80.8 cm³/mol. The van der Waals surface area contributed by atoms with Gasteiger partial charge in [-0.05, 0) is 32.4 Å². The number of hydrogen-bond acceptors (Lipinski definition) is 3. The number of nitrogens with zero attached hydrogens (tertiary/aromatic N) is 3. The monoisotopic (exact) mass is 273 g/mol. The molecule has 0 saturated carbocycles. The van der Waals surface area contributed by atoms with Crippen molar-refractivity contribution in [3.8, 4) is 5.69 Å². The van der Waals surface area contributed by atoms with Crippen LogP contribution in [0.15, 0.2) is 42.7 Å². The van der Waals surface area contributed by atoms with Crippen LogP contribution in [0.3, 0.4) is 0 Å². The van der Waals surface area contributed by atoms with Gasteiger partial charge in [0.15, 0.2) is 0 Å². The lowest BCUT2D eigenvalue weighted by Gasteiger charge is -2.25. The van der Waals surface area contributed by atoms with Gasteiger partial charge in [0.25, 0.3) is 0 Å². The van der Waals surface area contributed by atoms with Gasteiger partial charge in [0.1, 0.15) is 0 Å². The zero-order valence-corrected chi connectivity index (χ0v) is 12.2. The van der Waals surface area contributed by atoms with E-state index in [9.17, 15) is 0 Å². The highest BCUT2D eigenvalue weighted by molar-refractivity contribution is 5.30. The number of hydrogen-bond donors (Lipinski definition) is 1. The van der Waals surface area contributed by atoms with Crippen molar-refractivity contribution in [3.63, 3.8) is 0 Å². The summed E-state index contributed by atoms with van der Waals surface area (Å²) in [7, 11) is 0. The van der Waals surface area contributed by atoms with Crippen LogP contribution in [0, 0.1) is 0 Å². The lowest BCUT2D eigenvalue weighted by Crippen LogP contribution is -2.31. The van der Waals surface area contributed by atoms with E-state index >= 15 is 0 Å². The van der Waals surface area contributed by atoms with E-state index in [4.69, 9.17) is 5.11 Å². The topological polar surface area (TPSA) is 41.3 Å². The van der Waals surface area contributed by atoms with Crippen LogP contribution in [0.2, 0.25) is 0 Å². The van der Waals surface area contributed by atoms with Crippen molar-refractivity contribution in [1.29, 1.82) is 0 Å². The molecule has 0 bridgehead atoms. The highest BCUT2D eigenvalue weighted by atomic mass is 16.3. The Kier molecular flexibility index (Phi) is 5.32. The van der Waals surface area contributed by atoms with Crippen molar-refractivity contribution in [2.75, 3.05) is 13.2 Å². The van der Waals surface area contributed by atoms with Crippen LogP contribution in [0.5, 0.6) is 0 Å². The largest absolute Gasteiger partial charge is 0.396 e.